The summed E-state index contributed by atoms with van der Waals surface area (Å²) in [6.45, 7) is 1.59. The van der Waals surface area contributed by atoms with Gasteiger partial charge >= 0.3 is 6.18 Å². The van der Waals surface area contributed by atoms with Crippen LogP contribution >= 0.6 is 0 Å². The van der Waals surface area contributed by atoms with Gasteiger partial charge in [0.2, 0.25) is 0 Å². The Morgan fingerprint density at radius 2 is 2.00 bits per heavy atom. The van der Waals surface area contributed by atoms with Gasteiger partial charge in [0.05, 0.1) is 12.5 Å². The molecule has 11 heavy (non-hydrogen) atoms. The van der Waals surface area contributed by atoms with E-state index in [0.717, 1.165) is 0 Å². The first-order valence-electron chi connectivity index (χ1n) is 3.37. The molecule has 0 spiro atoms. The average Bonchev–Trinajstić information content (AvgIpc) is 1.78. The Kier molecular flexibility index (Phi) is 4.44. The number of hydrogen-bond acceptors (Lipinski definition) is 2. The van der Waals surface area contributed by atoms with Gasteiger partial charge in [0, 0.05) is 13.1 Å². The zero-order valence-corrected chi connectivity index (χ0v) is 6.28. The minimum Gasteiger partial charge on any atom is -0.392 e. The highest BCUT2D eigenvalue weighted by atomic mass is 19.4. The molecule has 0 saturated carbocycles. The van der Waals surface area contributed by atoms with E-state index in [1.807, 2.05) is 0 Å². The molecule has 1 unspecified atom stereocenters. The fourth-order valence-corrected chi connectivity index (χ4v) is 0.541. The molecule has 0 bridgehead atoms. The van der Waals surface area contributed by atoms with Gasteiger partial charge < -0.3 is 10.4 Å². The molecule has 0 aromatic carbocycles. The minimum atomic E-state index is -4.11. The van der Waals surface area contributed by atoms with Gasteiger partial charge in [-0.1, -0.05) is 0 Å². The van der Waals surface area contributed by atoms with E-state index in [1.165, 1.54) is 6.92 Å². The molecular weight excluding hydrogens is 159 g/mol. The molecular formula is C6H12F3NO. The van der Waals surface area contributed by atoms with Gasteiger partial charge in [-0.05, 0) is 6.92 Å². The number of aliphatic hydroxyl groups excluding tert-OH is 1. The lowest BCUT2D eigenvalue weighted by Crippen LogP contribution is -2.28. The number of hydrogen-bond donors (Lipinski definition) is 2. The molecule has 0 rings (SSSR count). The van der Waals surface area contributed by atoms with Gasteiger partial charge in [-0.2, -0.15) is 13.2 Å². The van der Waals surface area contributed by atoms with Gasteiger partial charge in [0.1, 0.15) is 0 Å². The highest BCUT2D eigenvalue weighted by molar-refractivity contribution is 4.56. The molecule has 0 saturated heterocycles. The molecule has 0 fully saturated rings. The summed E-state index contributed by atoms with van der Waals surface area (Å²) < 4.78 is 34.4. The number of alkyl halides is 3. The van der Waals surface area contributed by atoms with Crippen LogP contribution in [0, 0.1) is 0 Å². The van der Waals surface area contributed by atoms with Crippen LogP contribution in [0.1, 0.15) is 13.3 Å². The highest BCUT2D eigenvalue weighted by Gasteiger charge is 2.25. The summed E-state index contributed by atoms with van der Waals surface area (Å²) in [6, 6.07) is 0. The third-order valence-electron chi connectivity index (χ3n) is 1.02. The van der Waals surface area contributed by atoms with Crippen LogP contribution in [0.5, 0.6) is 0 Å². The molecule has 0 radical (unpaired) electrons. The maximum absolute atomic E-state index is 11.5. The quantitative estimate of drug-likeness (QED) is 0.616. The van der Waals surface area contributed by atoms with Crippen molar-refractivity contribution in [2.24, 2.45) is 0 Å². The fourth-order valence-electron chi connectivity index (χ4n) is 0.541. The normalized spacial score (nSPS) is 15.0. The first-order chi connectivity index (χ1) is 4.92. The van der Waals surface area contributed by atoms with Crippen LogP contribution in [-0.4, -0.2) is 30.5 Å². The Morgan fingerprint density at radius 3 is 2.36 bits per heavy atom. The van der Waals surface area contributed by atoms with Gasteiger partial charge in [0.25, 0.3) is 0 Å². The predicted molar refractivity (Wildman–Crippen MR) is 35.2 cm³/mol. The molecule has 0 amide bonds. The number of nitrogens with one attached hydrogen (secondary N) is 1. The van der Waals surface area contributed by atoms with E-state index in [-0.39, 0.29) is 13.1 Å². The Morgan fingerprint density at radius 1 is 1.45 bits per heavy atom. The van der Waals surface area contributed by atoms with E-state index in [0.29, 0.717) is 0 Å². The van der Waals surface area contributed by atoms with Crippen LogP contribution in [0.15, 0.2) is 0 Å². The van der Waals surface area contributed by atoms with Gasteiger partial charge in [-0.25, -0.2) is 0 Å². The maximum atomic E-state index is 11.5. The predicted octanol–water partition coefficient (Wildman–Crippen LogP) is 0.909. The molecule has 2 nitrogen and oxygen atoms in total. The zero-order chi connectivity index (χ0) is 8.91. The molecule has 5 heteroatoms. The van der Waals surface area contributed by atoms with Crippen LogP contribution < -0.4 is 5.32 Å². The van der Waals surface area contributed by atoms with Crippen LogP contribution in [0.4, 0.5) is 13.2 Å². The van der Waals surface area contributed by atoms with Crippen molar-refractivity contribution in [3.05, 3.63) is 0 Å². The smallest absolute Gasteiger partial charge is 0.390 e. The van der Waals surface area contributed by atoms with Crippen molar-refractivity contribution in [3.8, 4) is 0 Å². The van der Waals surface area contributed by atoms with Crippen molar-refractivity contribution in [2.45, 2.75) is 25.6 Å². The molecule has 68 valence electrons. The average molecular weight is 171 g/mol. The number of rotatable bonds is 4. The molecule has 2 N–H and O–H groups in total. The van der Waals surface area contributed by atoms with E-state index < -0.39 is 18.7 Å². The second kappa shape index (κ2) is 4.56. The summed E-state index contributed by atoms with van der Waals surface area (Å²) >= 11 is 0. The fraction of sp³-hybridized carbons (Fsp3) is 1.00. The van der Waals surface area contributed by atoms with Crippen LogP contribution in [-0.2, 0) is 0 Å². The Labute approximate surface area is 63.4 Å². The second-order valence-corrected chi connectivity index (χ2v) is 2.42. The summed E-state index contributed by atoms with van der Waals surface area (Å²) in [6.07, 6.45) is -5.55. The van der Waals surface area contributed by atoms with Gasteiger partial charge in [0.15, 0.2) is 0 Å². The SMILES string of the molecule is CC(O)CNCCC(F)(F)F. The van der Waals surface area contributed by atoms with E-state index in [9.17, 15) is 13.2 Å². The second-order valence-electron chi connectivity index (χ2n) is 2.42. The zero-order valence-electron chi connectivity index (χ0n) is 6.28. The lowest BCUT2D eigenvalue weighted by molar-refractivity contribution is -0.133. The minimum absolute atomic E-state index is 0.131. The van der Waals surface area contributed by atoms with E-state index in [4.69, 9.17) is 5.11 Å². The highest BCUT2D eigenvalue weighted by Crippen LogP contribution is 2.17. The Hall–Kier alpha value is -0.290. The molecule has 0 aromatic rings. The monoisotopic (exact) mass is 171 g/mol. The van der Waals surface area contributed by atoms with Crippen molar-refractivity contribution in [1.29, 1.82) is 0 Å². The molecule has 0 aliphatic rings. The third kappa shape index (κ3) is 9.71. The van der Waals surface area contributed by atoms with Crippen molar-refractivity contribution >= 4 is 0 Å². The van der Waals surface area contributed by atoms with Crippen LogP contribution in [0.3, 0.4) is 0 Å². The van der Waals surface area contributed by atoms with E-state index >= 15 is 0 Å². The van der Waals surface area contributed by atoms with Gasteiger partial charge in [-0.15, -0.1) is 0 Å². The summed E-state index contributed by atoms with van der Waals surface area (Å²) in [5.74, 6) is 0. The van der Waals surface area contributed by atoms with Crippen LogP contribution in [0.25, 0.3) is 0 Å². The van der Waals surface area contributed by atoms with Crippen molar-refractivity contribution in [1.82, 2.24) is 5.32 Å². The Balaban J connectivity index is 3.15. The third-order valence-corrected chi connectivity index (χ3v) is 1.02. The summed E-state index contributed by atoms with van der Waals surface area (Å²) in [4.78, 5) is 0. The molecule has 0 aromatic heterocycles. The van der Waals surface area contributed by atoms with E-state index in [1.54, 1.807) is 0 Å². The van der Waals surface area contributed by atoms with Crippen molar-refractivity contribution < 1.29 is 18.3 Å². The standard InChI is InChI=1S/C6H12F3NO/c1-5(11)4-10-3-2-6(7,8)9/h5,10-11H,2-4H2,1H3. The van der Waals surface area contributed by atoms with Crippen molar-refractivity contribution in [2.75, 3.05) is 13.1 Å². The number of aliphatic hydroxyl groups is 1. The largest absolute Gasteiger partial charge is 0.392 e. The Bertz CT molecular complexity index is 102. The summed E-state index contributed by atoms with van der Waals surface area (Å²) in [5.41, 5.74) is 0. The molecule has 0 aliphatic heterocycles. The lowest BCUT2D eigenvalue weighted by atomic mass is 10.3. The van der Waals surface area contributed by atoms with Crippen molar-refractivity contribution in [3.63, 3.8) is 0 Å². The summed E-state index contributed by atoms with van der Waals surface area (Å²) in [5, 5.41) is 11.1. The summed E-state index contributed by atoms with van der Waals surface area (Å²) in [7, 11) is 0. The number of halogens is 3. The van der Waals surface area contributed by atoms with E-state index in [2.05, 4.69) is 5.32 Å². The molecule has 0 heterocycles. The molecule has 1 atom stereocenters. The van der Waals surface area contributed by atoms with Gasteiger partial charge in [-0.3, -0.25) is 0 Å². The first kappa shape index (κ1) is 10.7. The topological polar surface area (TPSA) is 32.3 Å². The first-order valence-corrected chi connectivity index (χ1v) is 3.37. The maximum Gasteiger partial charge on any atom is 0.390 e. The van der Waals surface area contributed by atoms with Crippen LogP contribution in [0.2, 0.25) is 0 Å². The molecule has 0 aliphatic carbocycles. The lowest BCUT2D eigenvalue weighted by Gasteiger charge is -2.08.